The van der Waals surface area contributed by atoms with Gasteiger partial charge in [0.25, 0.3) is 5.91 Å². The second-order valence-corrected chi connectivity index (χ2v) is 6.85. The van der Waals surface area contributed by atoms with Crippen LogP contribution in [0.1, 0.15) is 48.4 Å². The van der Waals surface area contributed by atoms with Crippen LogP contribution >= 0.6 is 0 Å². The summed E-state index contributed by atoms with van der Waals surface area (Å²) in [4.78, 5) is 25.9. The molecule has 2 atom stereocenters. The summed E-state index contributed by atoms with van der Waals surface area (Å²) in [5.74, 6) is -1.23. The van der Waals surface area contributed by atoms with Gasteiger partial charge in [0, 0.05) is 24.6 Å². The van der Waals surface area contributed by atoms with Crippen LogP contribution in [0.25, 0.3) is 0 Å². The molecule has 0 spiro atoms. The SMILES string of the molecule is COC1[C@H](C)N(C(=O)c2cccc(C(=O)O)c2)CC=C(C)C1(C)C. The zero-order valence-corrected chi connectivity index (χ0v) is 14.9. The summed E-state index contributed by atoms with van der Waals surface area (Å²) >= 11 is 0. The molecular formula is C19H25NO4. The van der Waals surface area contributed by atoms with Crippen LogP contribution in [0.3, 0.4) is 0 Å². The number of hydrogen-bond donors (Lipinski definition) is 1. The number of nitrogens with zero attached hydrogens (tertiary/aromatic N) is 1. The molecule has 0 bridgehead atoms. The molecule has 1 heterocycles. The minimum atomic E-state index is -1.04. The lowest BCUT2D eigenvalue weighted by atomic mass is 9.77. The summed E-state index contributed by atoms with van der Waals surface area (Å²) in [6.07, 6.45) is 1.90. The Hall–Kier alpha value is -2.14. The molecule has 1 aromatic rings. The van der Waals surface area contributed by atoms with E-state index >= 15 is 0 Å². The van der Waals surface area contributed by atoms with Crippen molar-refractivity contribution in [2.24, 2.45) is 5.41 Å². The summed E-state index contributed by atoms with van der Waals surface area (Å²) in [5, 5.41) is 9.13. The molecule has 1 aromatic carbocycles. The van der Waals surface area contributed by atoms with Crippen molar-refractivity contribution in [3.63, 3.8) is 0 Å². The molecule has 5 heteroatoms. The molecule has 0 radical (unpaired) electrons. The summed E-state index contributed by atoms with van der Waals surface area (Å²) in [7, 11) is 1.66. The van der Waals surface area contributed by atoms with E-state index in [2.05, 4.69) is 26.8 Å². The smallest absolute Gasteiger partial charge is 0.335 e. The quantitative estimate of drug-likeness (QED) is 0.864. The number of ether oxygens (including phenoxy) is 1. The first-order valence-electron chi connectivity index (χ1n) is 8.04. The van der Waals surface area contributed by atoms with Gasteiger partial charge in [0.2, 0.25) is 0 Å². The molecule has 0 saturated heterocycles. The molecule has 130 valence electrons. The number of carboxylic acid groups (broad SMARTS) is 1. The highest BCUT2D eigenvalue weighted by molar-refractivity contribution is 5.97. The van der Waals surface area contributed by atoms with E-state index in [9.17, 15) is 9.59 Å². The fourth-order valence-corrected chi connectivity index (χ4v) is 3.37. The maximum atomic E-state index is 13.0. The topological polar surface area (TPSA) is 66.8 Å². The molecule has 0 aliphatic carbocycles. The van der Waals surface area contributed by atoms with Crippen LogP contribution in [0.2, 0.25) is 0 Å². The largest absolute Gasteiger partial charge is 0.478 e. The lowest BCUT2D eigenvalue weighted by molar-refractivity contribution is -0.0234. The van der Waals surface area contributed by atoms with E-state index in [0.717, 1.165) is 0 Å². The van der Waals surface area contributed by atoms with E-state index in [1.54, 1.807) is 24.1 Å². The van der Waals surface area contributed by atoms with Gasteiger partial charge < -0.3 is 14.7 Å². The maximum Gasteiger partial charge on any atom is 0.335 e. The Balaban J connectivity index is 2.39. The van der Waals surface area contributed by atoms with Crippen LogP contribution in [0, 0.1) is 5.41 Å². The van der Waals surface area contributed by atoms with Crippen LogP contribution in [0.4, 0.5) is 0 Å². The van der Waals surface area contributed by atoms with Gasteiger partial charge >= 0.3 is 5.97 Å². The highest BCUT2D eigenvalue weighted by atomic mass is 16.5. The van der Waals surface area contributed by atoms with Gasteiger partial charge in [0.05, 0.1) is 17.7 Å². The third-order valence-electron chi connectivity index (χ3n) is 5.12. The standard InChI is InChI=1S/C19H25NO4/c1-12-9-10-20(13(2)16(24-5)19(12,3)4)17(21)14-7-6-8-15(11-14)18(22)23/h6-9,11,13,16H,10H2,1-5H3,(H,22,23)/t13-,16?/m0/s1. The lowest BCUT2D eigenvalue weighted by Crippen LogP contribution is -2.50. The monoisotopic (exact) mass is 331 g/mol. The number of carbonyl (C=O) groups excluding carboxylic acids is 1. The normalized spacial score (nSPS) is 23.4. The van der Waals surface area contributed by atoms with Crippen molar-refractivity contribution in [2.45, 2.75) is 39.8 Å². The molecule has 1 aliphatic rings. The molecule has 1 amide bonds. The van der Waals surface area contributed by atoms with E-state index < -0.39 is 5.97 Å². The first-order chi connectivity index (χ1) is 11.2. The number of methoxy groups -OCH3 is 1. The average Bonchev–Trinajstić information content (AvgIpc) is 2.62. The molecule has 2 rings (SSSR count). The van der Waals surface area contributed by atoms with E-state index in [1.165, 1.54) is 17.7 Å². The van der Waals surface area contributed by atoms with Crippen molar-refractivity contribution in [3.8, 4) is 0 Å². The van der Waals surface area contributed by atoms with Crippen molar-refractivity contribution in [2.75, 3.05) is 13.7 Å². The van der Waals surface area contributed by atoms with Gasteiger partial charge in [0.15, 0.2) is 0 Å². The van der Waals surface area contributed by atoms with Crippen LogP contribution in [0.5, 0.6) is 0 Å². The second kappa shape index (κ2) is 6.77. The van der Waals surface area contributed by atoms with Crippen molar-refractivity contribution < 1.29 is 19.4 Å². The molecule has 1 unspecified atom stereocenters. The summed E-state index contributed by atoms with van der Waals surface area (Å²) in [6, 6.07) is 6.01. The maximum absolute atomic E-state index is 13.0. The minimum absolute atomic E-state index is 0.110. The van der Waals surface area contributed by atoms with Crippen LogP contribution in [-0.2, 0) is 4.74 Å². The summed E-state index contributed by atoms with van der Waals surface area (Å²) in [6.45, 7) is 8.73. The van der Waals surface area contributed by atoms with Gasteiger partial charge in [-0.1, -0.05) is 31.6 Å². The van der Waals surface area contributed by atoms with Gasteiger partial charge in [-0.3, -0.25) is 4.79 Å². The Bertz CT molecular complexity index is 678. The molecule has 5 nitrogen and oxygen atoms in total. The van der Waals surface area contributed by atoms with Crippen molar-refractivity contribution in [3.05, 3.63) is 47.0 Å². The van der Waals surface area contributed by atoms with Crippen LogP contribution in [0.15, 0.2) is 35.9 Å². The fraction of sp³-hybridized carbons (Fsp3) is 0.474. The third-order valence-corrected chi connectivity index (χ3v) is 5.12. The van der Waals surface area contributed by atoms with Crippen molar-refractivity contribution in [1.29, 1.82) is 0 Å². The Morgan fingerprint density at radius 2 is 1.92 bits per heavy atom. The molecule has 24 heavy (non-hydrogen) atoms. The fourth-order valence-electron chi connectivity index (χ4n) is 3.37. The molecular weight excluding hydrogens is 306 g/mol. The first-order valence-corrected chi connectivity index (χ1v) is 8.04. The molecule has 0 aromatic heterocycles. The molecule has 0 fully saturated rings. The number of amides is 1. The van der Waals surface area contributed by atoms with Crippen molar-refractivity contribution in [1.82, 2.24) is 4.90 Å². The van der Waals surface area contributed by atoms with Gasteiger partial charge in [-0.05, 0) is 32.0 Å². The molecule has 1 N–H and O–H groups in total. The molecule has 0 saturated carbocycles. The number of carbonyl (C=O) groups is 2. The third kappa shape index (κ3) is 3.22. The van der Waals surface area contributed by atoms with E-state index in [-0.39, 0.29) is 29.0 Å². The number of aromatic carboxylic acids is 1. The van der Waals surface area contributed by atoms with E-state index in [1.807, 2.05) is 6.92 Å². The van der Waals surface area contributed by atoms with Gasteiger partial charge in [-0.25, -0.2) is 4.79 Å². The minimum Gasteiger partial charge on any atom is -0.478 e. The van der Waals surface area contributed by atoms with Crippen LogP contribution < -0.4 is 0 Å². The van der Waals surface area contributed by atoms with Crippen molar-refractivity contribution >= 4 is 11.9 Å². The Labute approximate surface area is 142 Å². The predicted molar refractivity (Wildman–Crippen MR) is 92.2 cm³/mol. The van der Waals surface area contributed by atoms with Crippen LogP contribution in [-0.4, -0.2) is 47.7 Å². The highest BCUT2D eigenvalue weighted by Crippen LogP contribution is 2.37. The summed E-state index contributed by atoms with van der Waals surface area (Å²) in [5.41, 5.74) is 1.48. The lowest BCUT2D eigenvalue weighted by Gasteiger charge is -2.39. The number of carboxylic acids is 1. The first kappa shape index (κ1) is 18.2. The number of rotatable bonds is 3. The predicted octanol–water partition coefficient (Wildman–Crippen LogP) is 3.22. The highest BCUT2D eigenvalue weighted by Gasteiger charge is 2.41. The Kier molecular flexibility index (Phi) is 5.13. The molecule has 1 aliphatic heterocycles. The second-order valence-electron chi connectivity index (χ2n) is 6.85. The average molecular weight is 331 g/mol. The van der Waals surface area contributed by atoms with Gasteiger partial charge in [-0.2, -0.15) is 0 Å². The van der Waals surface area contributed by atoms with E-state index in [4.69, 9.17) is 9.84 Å². The zero-order valence-electron chi connectivity index (χ0n) is 14.9. The Morgan fingerprint density at radius 3 is 2.50 bits per heavy atom. The zero-order chi connectivity index (χ0) is 18.1. The summed E-state index contributed by atoms with van der Waals surface area (Å²) < 4.78 is 5.72. The van der Waals surface area contributed by atoms with Gasteiger partial charge in [0.1, 0.15) is 0 Å². The number of benzene rings is 1. The van der Waals surface area contributed by atoms with Gasteiger partial charge in [-0.15, -0.1) is 0 Å². The van der Waals surface area contributed by atoms with E-state index in [0.29, 0.717) is 12.1 Å². The Morgan fingerprint density at radius 1 is 1.29 bits per heavy atom. The number of hydrogen-bond acceptors (Lipinski definition) is 3.